The van der Waals surface area contributed by atoms with Crippen LogP contribution in [-0.4, -0.2) is 34.6 Å². The normalized spacial score (nSPS) is 14.8. The smallest absolute Gasteiger partial charge is 0.279 e. The summed E-state index contributed by atoms with van der Waals surface area (Å²) in [6.45, 7) is 26.4. The van der Waals surface area contributed by atoms with Gasteiger partial charge in [-0.3, -0.25) is 4.79 Å². The highest BCUT2D eigenvalue weighted by Crippen LogP contribution is 2.38. The van der Waals surface area contributed by atoms with Crippen LogP contribution in [0.5, 0.6) is 0 Å². The molecule has 3 nitrogen and oxygen atoms in total. The van der Waals surface area contributed by atoms with Crippen LogP contribution in [-0.2, 0) is 13.6 Å². The van der Waals surface area contributed by atoms with E-state index < -0.39 is 16.6 Å². The molecule has 0 spiro atoms. The molecule has 0 amide bonds. The molecule has 0 aromatic heterocycles. The predicted octanol–water partition coefficient (Wildman–Crippen LogP) is 6.94. The Labute approximate surface area is 189 Å². The highest BCUT2D eigenvalue weighted by atomic mass is 28.4. The van der Waals surface area contributed by atoms with Crippen molar-refractivity contribution in [2.24, 2.45) is 0 Å². The van der Waals surface area contributed by atoms with Crippen LogP contribution in [0.1, 0.15) is 81.1 Å². The maximum atomic E-state index is 12.2. The van der Waals surface area contributed by atoms with Gasteiger partial charge >= 0.3 is 0 Å². The molecule has 0 saturated carbocycles. The third-order valence-corrected chi connectivity index (χ3v) is 15.4. The Bertz CT molecular complexity index is 674. The minimum Gasteiger partial charge on any atom is -0.413 e. The van der Waals surface area contributed by atoms with Gasteiger partial charge in [0.1, 0.15) is 6.10 Å². The molecule has 0 N–H and O–H groups in total. The van der Waals surface area contributed by atoms with Crippen molar-refractivity contribution in [2.75, 3.05) is 0 Å². The molecule has 172 valence electrons. The van der Waals surface area contributed by atoms with Crippen molar-refractivity contribution < 1.29 is 13.6 Å². The van der Waals surface area contributed by atoms with Gasteiger partial charge in [0.05, 0.1) is 6.10 Å². The number of hydrogen-bond acceptors (Lipinski definition) is 3. The monoisotopic (exact) mass is 450 g/mol. The molecule has 0 aliphatic rings. The average Bonchev–Trinajstić information content (AvgIpc) is 2.54. The van der Waals surface area contributed by atoms with E-state index in [1.54, 1.807) is 0 Å². The van der Waals surface area contributed by atoms with Gasteiger partial charge in [0, 0.05) is 6.42 Å². The van der Waals surface area contributed by atoms with Crippen LogP contribution in [0.2, 0.25) is 36.3 Å². The van der Waals surface area contributed by atoms with Gasteiger partial charge in [0.2, 0.25) is 0 Å². The van der Waals surface area contributed by atoms with Crippen molar-refractivity contribution in [1.29, 1.82) is 0 Å². The SMILES string of the molecule is CCCC[C@@H](C#CC(=O)C#CC[C@H](C)O[Si](C)(C)C(C)(C)C)O[Si](C)(C)C(C)(C)C. The van der Waals surface area contributed by atoms with Crippen LogP contribution in [0.15, 0.2) is 0 Å². The van der Waals surface area contributed by atoms with Gasteiger partial charge in [-0.05, 0) is 61.5 Å². The molecule has 0 radical (unpaired) electrons. The molecule has 30 heavy (non-hydrogen) atoms. The zero-order valence-corrected chi connectivity index (χ0v) is 23.7. The van der Waals surface area contributed by atoms with E-state index in [1.165, 1.54) is 0 Å². The molecule has 0 fully saturated rings. The van der Waals surface area contributed by atoms with Crippen LogP contribution >= 0.6 is 0 Å². The molecule has 0 bridgehead atoms. The maximum Gasteiger partial charge on any atom is 0.279 e. The lowest BCUT2D eigenvalue weighted by Crippen LogP contribution is -2.43. The number of carbonyl (C=O) groups excluding carboxylic acids is 1. The minimum atomic E-state index is -1.93. The molecule has 0 unspecified atom stereocenters. The first-order valence-electron chi connectivity index (χ1n) is 11.3. The highest BCUT2D eigenvalue weighted by Gasteiger charge is 2.39. The van der Waals surface area contributed by atoms with E-state index in [4.69, 9.17) is 8.85 Å². The van der Waals surface area contributed by atoms with Gasteiger partial charge in [0.25, 0.3) is 5.78 Å². The summed E-state index contributed by atoms with van der Waals surface area (Å²) in [4.78, 5) is 12.2. The average molecular weight is 451 g/mol. The summed E-state index contributed by atoms with van der Waals surface area (Å²) in [6, 6.07) is 0. The summed E-state index contributed by atoms with van der Waals surface area (Å²) in [5.41, 5.74) is 0. The lowest BCUT2D eigenvalue weighted by Gasteiger charge is -2.38. The van der Waals surface area contributed by atoms with Gasteiger partial charge in [-0.2, -0.15) is 0 Å². The van der Waals surface area contributed by atoms with Crippen molar-refractivity contribution in [3.8, 4) is 23.7 Å². The summed E-state index contributed by atoms with van der Waals surface area (Å²) in [7, 11) is -3.75. The van der Waals surface area contributed by atoms with E-state index in [0.717, 1.165) is 19.3 Å². The number of ketones is 1. The number of rotatable bonds is 8. The summed E-state index contributed by atoms with van der Waals surface area (Å²) in [6.07, 6.45) is 3.33. The second kappa shape index (κ2) is 11.7. The van der Waals surface area contributed by atoms with E-state index in [9.17, 15) is 4.79 Å². The van der Waals surface area contributed by atoms with Gasteiger partial charge in [-0.15, -0.1) is 0 Å². The zero-order valence-electron chi connectivity index (χ0n) is 21.7. The summed E-state index contributed by atoms with van der Waals surface area (Å²) in [5, 5.41) is 0.275. The largest absolute Gasteiger partial charge is 0.413 e. The summed E-state index contributed by atoms with van der Waals surface area (Å²) >= 11 is 0. The van der Waals surface area contributed by atoms with Crippen molar-refractivity contribution in [2.45, 2.75) is 130 Å². The number of Topliss-reactive ketones (excluding diaryl/α,β-unsaturated/α-hetero) is 1. The van der Waals surface area contributed by atoms with E-state index in [0.29, 0.717) is 6.42 Å². The van der Waals surface area contributed by atoms with E-state index in [1.807, 2.05) is 6.92 Å². The lowest BCUT2D eigenvalue weighted by molar-refractivity contribution is -0.109. The van der Waals surface area contributed by atoms with Crippen molar-refractivity contribution in [1.82, 2.24) is 0 Å². The van der Waals surface area contributed by atoms with Crippen LogP contribution < -0.4 is 0 Å². The first-order valence-corrected chi connectivity index (χ1v) is 17.1. The highest BCUT2D eigenvalue weighted by molar-refractivity contribution is 6.74. The quantitative estimate of drug-likeness (QED) is 0.228. The molecule has 0 rings (SSSR count). The molecule has 0 aromatic carbocycles. The summed E-state index contributed by atoms with van der Waals surface area (Å²) in [5.74, 6) is 11.1. The van der Waals surface area contributed by atoms with Crippen molar-refractivity contribution >= 4 is 22.4 Å². The first kappa shape index (κ1) is 29.1. The maximum absolute atomic E-state index is 12.2. The van der Waals surface area contributed by atoms with Gasteiger partial charge < -0.3 is 8.85 Å². The number of carbonyl (C=O) groups is 1. The second-order valence-corrected chi connectivity index (χ2v) is 20.8. The Hall–Kier alpha value is -0.856. The van der Waals surface area contributed by atoms with Crippen LogP contribution in [0.3, 0.4) is 0 Å². The fourth-order valence-corrected chi connectivity index (χ4v) is 4.94. The predicted molar refractivity (Wildman–Crippen MR) is 135 cm³/mol. The molecule has 0 aromatic rings. The van der Waals surface area contributed by atoms with E-state index in [-0.39, 0.29) is 28.1 Å². The van der Waals surface area contributed by atoms with Crippen LogP contribution in [0.25, 0.3) is 0 Å². The van der Waals surface area contributed by atoms with Gasteiger partial charge in [-0.25, -0.2) is 0 Å². The Morgan fingerprint density at radius 3 is 1.87 bits per heavy atom. The lowest BCUT2D eigenvalue weighted by atomic mass is 10.1. The number of unbranched alkanes of at least 4 members (excludes halogenated alkanes) is 1. The molecule has 2 atom stereocenters. The van der Waals surface area contributed by atoms with Crippen LogP contribution in [0.4, 0.5) is 0 Å². The second-order valence-electron chi connectivity index (χ2n) is 11.3. The third-order valence-electron chi connectivity index (χ3n) is 6.30. The molecular formula is C25H46O3Si2. The third kappa shape index (κ3) is 10.4. The molecule has 5 heteroatoms. The van der Waals surface area contributed by atoms with Crippen molar-refractivity contribution in [3.63, 3.8) is 0 Å². The van der Waals surface area contributed by atoms with Gasteiger partial charge in [-0.1, -0.05) is 73.1 Å². The first-order chi connectivity index (χ1) is 13.4. The summed E-state index contributed by atoms with van der Waals surface area (Å²) < 4.78 is 12.7. The molecule has 0 saturated heterocycles. The molecule has 0 heterocycles. The minimum absolute atomic E-state index is 0.0124. The van der Waals surface area contributed by atoms with E-state index >= 15 is 0 Å². The standard InChI is InChI=1S/C25H46O3Si2/c1-13-14-18-23(28-30(11,12)25(6,7)8)20-19-22(26)17-15-16-21(2)27-29(9,10)24(3,4)5/h21,23H,13-14,16,18H2,1-12H3/t21-,23-/m0/s1. The van der Waals surface area contributed by atoms with Gasteiger partial charge in [0.15, 0.2) is 16.6 Å². The Morgan fingerprint density at radius 2 is 1.40 bits per heavy atom. The molecule has 0 aliphatic heterocycles. The number of hydrogen-bond donors (Lipinski definition) is 0. The topological polar surface area (TPSA) is 35.5 Å². The van der Waals surface area contributed by atoms with E-state index in [2.05, 4.69) is 98.3 Å². The fourth-order valence-electron chi connectivity index (χ4n) is 2.26. The zero-order chi connectivity index (χ0) is 23.8. The van der Waals surface area contributed by atoms with Crippen LogP contribution in [0, 0.1) is 23.7 Å². The Kier molecular flexibility index (Phi) is 11.3. The Balaban J connectivity index is 5.03. The Morgan fingerprint density at radius 1 is 0.900 bits per heavy atom. The molecule has 0 aliphatic carbocycles. The fraction of sp³-hybridized carbons (Fsp3) is 0.800. The van der Waals surface area contributed by atoms with Crippen molar-refractivity contribution in [3.05, 3.63) is 0 Å². The molecular weight excluding hydrogens is 404 g/mol.